The molecule has 5 heteroatoms. The number of nitrogens with zero attached hydrogens (tertiary/aromatic N) is 4. The number of hydrogen-bond donors (Lipinski definition) is 0. The molecule has 3 atom stereocenters. The zero-order valence-corrected chi connectivity index (χ0v) is 11.6. The Balaban J connectivity index is 1.68. The second-order valence-electron chi connectivity index (χ2n) is 6.00. The predicted octanol–water partition coefficient (Wildman–Crippen LogP) is 2.05. The van der Waals surface area contributed by atoms with E-state index in [0.717, 1.165) is 37.3 Å². The fraction of sp³-hybridized carbons (Fsp3) is 0.533. The molecule has 0 bridgehead atoms. The van der Waals surface area contributed by atoms with Crippen molar-refractivity contribution in [1.82, 2.24) is 19.5 Å². The van der Waals surface area contributed by atoms with E-state index in [2.05, 4.69) is 17.1 Å². The Labute approximate surface area is 117 Å². The molecule has 1 aliphatic heterocycles. The van der Waals surface area contributed by atoms with Gasteiger partial charge in [-0.1, -0.05) is 13.0 Å². The SMILES string of the molecule is C[C@@H]1C[C@H]1C(=O)N1CCC[C@@H]1c1nnc2ccccn12. The summed E-state index contributed by atoms with van der Waals surface area (Å²) in [6.07, 6.45) is 5.07. The molecule has 1 amide bonds. The zero-order chi connectivity index (χ0) is 13.7. The van der Waals surface area contributed by atoms with Crippen LogP contribution in [0, 0.1) is 11.8 Å². The van der Waals surface area contributed by atoms with Gasteiger partial charge < -0.3 is 4.90 Å². The van der Waals surface area contributed by atoms with Gasteiger partial charge >= 0.3 is 0 Å². The Kier molecular flexibility index (Phi) is 2.55. The monoisotopic (exact) mass is 270 g/mol. The van der Waals surface area contributed by atoms with Gasteiger partial charge in [0.15, 0.2) is 11.5 Å². The van der Waals surface area contributed by atoms with Gasteiger partial charge in [0.1, 0.15) is 0 Å². The van der Waals surface area contributed by atoms with E-state index >= 15 is 0 Å². The van der Waals surface area contributed by atoms with Crippen LogP contribution >= 0.6 is 0 Å². The van der Waals surface area contributed by atoms with Crippen molar-refractivity contribution in [2.45, 2.75) is 32.2 Å². The molecule has 20 heavy (non-hydrogen) atoms. The minimum absolute atomic E-state index is 0.0905. The summed E-state index contributed by atoms with van der Waals surface area (Å²) in [6.45, 7) is 3.01. The van der Waals surface area contributed by atoms with E-state index < -0.39 is 0 Å². The Bertz CT molecular complexity index is 665. The third kappa shape index (κ3) is 1.72. The number of carbonyl (C=O) groups is 1. The van der Waals surface area contributed by atoms with Crippen LogP contribution in [0.3, 0.4) is 0 Å². The van der Waals surface area contributed by atoms with Crippen LogP contribution < -0.4 is 0 Å². The Morgan fingerprint density at radius 2 is 2.20 bits per heavy atom. The van der Waals surface area contributed by atoms with Crippen molar-refractivity contribution in [2.75, 3.05) is 6.54 Å². The van der Waals surface area contributed by atoms with Gasteiger partial charge in [-0.25, -0.2) is 0 Å². The highest BCUT2D eigenvalue weighted by Crippen LogP contribution is 2.42. The number of amides is 1. The van der Waals surface area contributed by atoms with E-state index in [-0.39, 0.29) is 12.0 Å². The number of fused-ring (bicyclic) bond motifs is 1. The molecule has 5 nitrogen and oxygen atoms in total. The lowest BCUT2D eigenvalue weighted by Crippen LogP contribution is -2.33. The van der Waals surface area contributed by atoms with E-state index in [0.29, 0.717) is 11.8 Å². The largest absolute Gasteiger partial charge is 0.332 e. The maximum atomic E-state index is 12.5. The molecule has 1 aliphatic carbocycles. The van der Waals surface area contributed by atoms with Gasteiger partial charge in [0.05, 0.1) is 6.04 Å². The highest BCUT2D eigenvalue weighted by Gasteiger charge is 2.45. The molecule has 0 N–H and O–H groups in total. The summed E-state index contributed by atoms with van der Waals surface area (Å²) >= 11 is 0. The summed E-state index contributed by atoms with van der Waals surface area (Å²) in [5, 5.41) is 8.54. The smallest absolute Gasteiger partial charge is 0.226 e. The molecular weight excluding hydrogens is 252 g/mol. The van der Waals surface area contributed by atoms with Gasteiger partial charge in [0.25, 0.3) is 0 Å². The first kappa shape index (κ1) is 11.9. The van der Waals surface area contributed by atoms with Crippen LogP contribution in [0.25, 0.3) is 5.65 Å². The highest BCUT2D eigenvalue weighted by atomic mass is 16.2. The molecular formula is C15H18N4O. The first-order chi connectivity index (χ1) is 9.75. The van der Waals surface area contributed by atoms with Gasteiger partial charge in [-0.3, -0.25) is 9.20 Å². The number of rotatable bonds is 2. The zero-order valence-electron chi connectivity index (χ0n) is 11.6. The number of likely N-dealkylation sites (tertiary alicyclic amines) is 1. The summed E-state index contributed by atoms with van der Waals surface area (Å²) in [5.41, 5.74) is 0.849. The Morgan fingerprint density at radius 3 is 3.00 bits per heavy atom. The van der Waals surface area contributed by atoms with E-state index in [1.54, 1.807) is 0 Å². The van der Waals surface area contributed by atoms with Crippen LogP contribution in [0.15, 0.2) is 24.4 Å². The lowest BCUT2D eigenvalue weighted by Gasteiger charge is -2.23. The van der Waals surface area contributed by atoms with Gasteiger partial charge in [0.2, 0.25) is 5.91 Å². The van der Waals surface area contributed by atoms with Crippen molar-refractivity contribution in [3.8, 4) is 0 Å². The minimum Gasteiger partial charge on any atom is -0.332 e. The molecule has 1 saturated carbocycles. The van der Waals surface area contributed by atoms with Gasteiger partial charge in [-0.15, -0.1) is 10.2 Å². The third-order valence-electron chi connectivity index (χ3n) is 4.60. The topological polar surface area (TPSA) is 50.5 Å². The van der Waals surface area contributed by atoms with Crippen LogP contribution in [0.2, 0.25) is 0 Å². The fourth-order valence-corrected chi connectivity index (χ4v) is 3.27. The second-order valence-corrected chi connectivity index (χ2v) is 6.00. The molecule has 0 unspecified atom stereocenters. The van der Waals surface area contributed by atoms with Crippen LogP contribution in [0.5, 0.6) is 0 Å². The molecule has 0 spiro atoms. The summed E-state index contributed by atoms with van der Waals surface area (Å²) < 4.78 is 2.01. The van der Waals surface area contributed by atoms with Gasteiger partial charge in [-0.2, -0.15) is 0 Å². The molecule has 0 aromatic carbocycles. The number of pyridine rings is 1. The van der Waals surface area contributed by atoms with Crippen molar-refractivity contribution in [3.05, 3.63) is 30.2 Å². The average molecular weight is 270 g/mol. The van der Waals surface area contributed by atoms with Crippen LogP contribution in [0.1, 0.15) is 38.1 Å². The molecule has 2 aromatic heterocycles. The first-order valence-corrected chi connectivity index (χ1v) is 7.36. The average Bonchev–Trinajstić information content (AvgIpc) is 2.91. The van der Waals surface area contributed by atoms with Gasteiger partial charge in [-0.05, 0) is 37.3 Å². The van der Waals surface area contributed by atoms with E-state index in [9.17, 15) is 4.79 Å². The van der Waals surface area contributed by atoms with Gasteiger partial charge in [0, 0.05) is 18.7 Å². The quantitative estimate of drug-likeness (QED) is 0.839. The Morgan fingerprint density at radius 1 is 1.35 bits per heavy atom. The second kappa shape index (κ2) is 4.30. The third-order valence-corrected chi connectivity index (χ3v) is 4.60. The van der Waals surface area contributed by atoms with Crippen molar-refractivity contribution in [1.29, 1.82) is 0 Å². The summed E-state index contributed by atoms with van der Waals surface area (Å²) in [7, 11) is 0. The van der Waals surface area contributed by atoms with Crippen LogP contribution in [0.4, 0.5) is 0 Å². The first-order valence-electron chi connectivity index (χ1n) is 7.36. The summed E-state index contributed by atoms with van der Waals surface area (Å²) in [6, 6.07) is 5.97. The minimum atomic E-state index is 0.0905. The van der Waals surface area contributed by atoms with Crippen molar-refractivity contribution in [3.63, 3.8) is 0 Å². The Hall–Kier alpha value is -1.91. The number of aromatic nitrogens is 3. The van der Waals surface area contributed by atoms with E-state index in [1.165, 1.54) is 0 Å². The molecule has 4 rings (SSSR count). The molecule has 2 fully saturated rings. The molecule has 104 valence electrons. The van der Waals surface area contributed by atoms with Crippen molar-refractivity contribution in [2.24, 2.45) is 11.8 Å². The highest BCUT2D eigenvalue weighted by molar-refractivity contribution is 5.82. The lowest BCUT2D eigenvalue weighted by molar-refractivity contribution is -0.134. The fourth-order valence-electron chi connectivity index (χ4n) is 3.27. The summed E-state index contributed by atoms with van der Waals surface area (Å²) in [5.74, 6) is 2.01. The van der Waals surface area contributed by atoms with Crippen LogP contribution in [-0.2, 0) is 4.79 Å². The maximum absolute atomic E-state index is 12.5. The number of carbonyl (C=O) groups excluding carboxylic acids is 1. The summed E-state index contributed by atoms with van der Waals surface area (Å²) in [4.78, 5) is 14.6. The normalized spacial score (nSPS) is 29.1. The lowest BCUT2D eigenvalue weighted by atomic mass is 10.2. The van der Waals surface area contributed by atoms with E-state index in [1.807, 2.05) is 33.7 Å². The molecule has 3 heterocycles. The molecule has 2 aromatic rings. The van der Waals surface area contributed by atoms with E-state index in [4.69, 9.17) is 0 Å². The molecule has 0 radical (unpaired) electrons. The van der Waals surface area contributed by atoms with Crippen molar-refractivity contribution >= 4 is 11.6 Å². The van der Waals surface area contributed by atoms with Crippen LogP contribution in [-0.4, -0.2) is 31.9 Å². The number of hydrogen-bond acceptors (Lipinski definition) is 3. The standard InChI is InChI=1S/C15H18N4O/c1-10-9-11(10)15(20)18-8-4-5-12(18)14-17-16-13-6-2-3-7-19(13)14/h2-3,6-7,10-12H,4-5,8-9H2,1H3/t10-,11-,12-/m1/s1. The molecule has 1 saturated heterocycles. The predicted molar refractivity (Wildman–Crippen MR) is 73.9 cm³/mol. The van der Waals surface area contributed by atoms with Crippen molar-refractivity contribution < 1.29 is 4.79 Å². The molecule has 2 aliphatic rings. The maximum Gasteiger partial charge on any atom is 0.226 e.